The van der Waals surface area contributed by atoms with Gasteiger partial charge in [-0.3, -0.25) is 14.5 Å². The first-order chi connectivity index (χ1) is 13.0. The van der Waals surface area contributed by atoms with E-state index >= 15 is 0 Å². The number of benzene rings is 1. The molecule has 0 bridgehead atoms. The Morgan fingerprint density at radius 2 is 1.81 bits per heavy atom. The number of likely N-dealkylation sites (tertiary alicyclic amines) is 1. The van der Waals surface area contributed by atoms with E-state index in [2.05, 4.69) is 15.5 Å². The fourth-order valence-electron chi connectivity index (χ4n) is 3.52. The number of piperidine rings is 1. The molecule has 2 aromatic rings. The zero-order valence-electron chi connectivity index (χ0n) is 16.0. The van der Waals surface area contributed by atoms with Gasteiger partial charge < -0.3 is 15.1 Å². The second-order valence-electron chi connectivity index (χ2n) is 7.34. The summed E-state index contributed by atoms with van der Waals surface area (Å²) in [6, 6.07) is 9.62. The van der Waals surface area contributed by atoms with Crippen LogP contribution in [0.2, 0.25) is 0 Å². The molecule has 1 saturated heterocycles. The molecule has 1 aromatic carbocycles. The number of nitrogens with zero attached hydrogens (tertiary/aromatic N) is 1. The molecule has 1 aromatic heterocycles. The minimum absolute atomic E-state index is 0.399. The van der Waals surface area contributed by atoms with E-state index in [0.29, 0.717) is 18.2 Å². The number of hydrogen-bond donors (Lipinski definition) is 2. The molecule has 3 rings (SSSR count). The van der Waals surface area contributed by atoms with Crippen molar-refractivity contribution in [2.75, 3.05) is 25.0 Å². The SMILES string of the molecule is Cc1cc(C)cc(NC(=O)C(=O)NCC2CCN(Cc3ccco3)CC2)c1. The molecular weight excluding hydrogens is 342 g/mol. The van der Waals surface area contributed by atoms with Crippen molar-refractivity contribution in [3.63, 3.8) is 0 Å². The van der Waals surface area contributed by atoms with Crippen LogP contribution in [0, 0.1) is 19.8 Å². The van der Waals surface area contributed by atoms with Gasteiger partial charge in [0, 0.05) is 12.2 Å². The molecule has 0 aliphatic carbocycles. The van der Waals surface area contributed by atoms with Crippen LogP contribution in [-0.2, 0) is 16.1 Å². The van der Waals surface area contributed by atoms with Crippen LogP contribution in [0.1, 0.15) is 29.7 Å². The van der Waals surface area contributed by atoms with Crippen LogP contribution in [0.3, 0.4) is 0 Å². The normalized spacial score (nSPS) is 15.5. The number of carbonyl (C=O) groups is 2. The Morgan fingerprint density at radius 3 is 2.44 bits per heavy atom. The largest absolute Gasteiger partial charge is 0.468 e. The third-order valence-corrected chi connectivity index (χ3v) is 4.90. The Balaban J connectivity index is 1.39. The Kier molecular flexibility index (Phi) is 6.29. The van der Waals surface area contributed by atoms with Gasteiger partial charge in [0.2, 0.25) is 0 Å². The molecule has 2 heterocycles. The van der Waals surface area contributed by atoms with Gasteiger partial charge in [0.05, 0.1) is 12.8 Å². The summed E-state index contributed by atoms with van der Waals surface area (Å²) in [4.78, 5) is 26.5. The summed E-state index contributed by atoms with van der Waals surface area (Å²) in [5.41, 5.74) is 2.75. The number of rotatable bonds is 5. The second kappa shape index (κ2) is 8.86. The van der Waals surface area contributed by atoms with Crippen molar-refractivity contribution in [3.8, 4) is 0 Å². The van der Waals surface area contributed by atoms with E-state index < -0.39 is 11.8 Å². The molecule has 0 saturated carbocycles. The van der Waals surface area contributed by atoms with Gasteiger partial charge in [-0.05, 0) is 81.1 Å². The first-order valence-electron chi connectivity index (χ1n) is 9.42. The van der Waals surface area contributed by atoms with Gasteiger partial charge in [0.15, 0.2) is 0 Å². The molecule has 1 aliphatic heterocycles. The van der Waals surface area contributed by atoms with E-state index in [1.807, 2.05) is 44.2 Å². The highest BCUT2D eigenvalue weighted by Gasteiger charge is 2.22. The highest BCUT2D eigenvalue weighted by Crippen LogP contribution is 2.18. The lowest BCUT2D eigenvalue weighted by molar-refractivity contribution is -0.136. The van der Waals surface area contributed by atoms with E-state index in [-0.39, 0.29) is 0 Å². The van der Waals surface area contributed by atoms with Gasteiger partial charge in [-0.2, -0.15) is 0 Å². The predicted molar refractivity (Wildman–Crippen MR) is 104 cm³/mol. The van der Waals surface area contributed by atoms with Gasteiger partial charge in [-0.25, -0.2) is 0 Å². The summed E-state index contributed by atoms with van der Waals surface area (Å²) in [7, 11) is 0. The molecule has 0 atom stereocenters. The summed E-state index contributed by atoms with van der Waals surface area (Å²) in [6.45, 7) is 7.21. The van der Waals surface area contributed by atoms with E-state index in [1.54, 1.807) is 6.26 Å². The molecule has 1 fully saturated rings. The Labute approximate surface area is 159 Å². The first kappa shape index (κ1) is 19.2. The molecular formula is C21H27N3O3. The molecule has 27 heavy (non-hydrogen) atoms. The Bertz CT molecular complexity index is 758. The minimum atomic E-state index is -0.616. The number of hydrogen-bond acceptors (Lipinski definition) is 4. The fourth-order valence-corrected chi connectivity index (χ4v) is 3.52. The molecule has 6 heteroatoms. The van der Waals surface area contributed by atoms with Gasteiger partial charge in [0.1, 0.15) is 5.76 Å². The summed E-state index contributed by atoms with van der Waals surface area (Å²) in [6.07, 6.45) is 3.69. The van der Waals surface area contributed by atoms with Gasteiger partial charge in [-0.1, -0.05) is 6.07 Å². The molecule has 1 aliphatic rings. The second-order valence-corrected chi connectivity index (χ2v) is 7.34. The van der Waals surface area contributed by atoms with Crippen LogP contribution in [0.15, 0.2) is 41.0 Å². The molecule has 2 N–H and O–H groups in total. The molecule has 0 spiro atoms. The summed E-state index contributed by atoms with van der Waals surface area (Å²) in [5.74, 6) is 0.183. The molecule has 2 amide bonds. The maximum absolute atomic E-state index is 12.1. The smallest absolute Gasteiger partial charge is 0.313 e. The number of amides is 2. The van der Waals surface area contributed by atoms with Crippen LogP contribution in [-0.4, -0.2) is 36.3 Å². The maximum Gasteiger partial charge on any atom is 0.313 e. The van der Waals surface area contributed by atoms with Crippen LogP contribution in [0.25, 0.3) is 0 Å². The third-order valence-electron chi connectivity index (χ3n) is 4.90. The predicted octanol–water partition coefficient (Wildman–Crippen LogP) is 2.86. The first-order valence-corrected chi connectivity index (χ1v) is 9.42. The zero-order valence-corrected chi connectivity index (χ0v) is 16.0. The average molecular weight is 369 g/mol. The summed E-state index contributed by atoms with van der Waals surface area (Å²) in [5, 5.41) is 5.45. The van der Waals surface area contributed by atoms with Crippen LogP contribution >= 0.6 is 0 Å². The van der Waals surface area contributed by atoms with Crippen molar-refractivity contribution in [1.82, 2.24) is 10.2 Å². The Hall–Kier alpha value is -2.60. The van der Waals surface area contributed by atoms with Crippen molar-refractivity contribution in [2.24, 2.45) is 5.92 Å². The zero-order chi connectivity index (χ0) is 19.2. The number of furan rings is 1. The van der Waals surface area contributed by atoms with Crippen LogP contribution in [0.5, 0.6) is 0 Å². The molecule has 0 radical (unpaired) electrons. The molecule has 6 nitrogen and oxygen atoms in total. The topological polar surface area (TPSA) is 74.6 Å². The molecule has 0 unspecified atom stereocenters. The lowest BCUT2D eigenvalue weighted by Crippen LogP contribution is -2.41. The van der Waals surface area contributed by atoms with E-state index in [9.17, 15) is 9.59 Å². The van der Waals surface area contributed by atoms with Crippen molar-refractivity contribution in [3.05, 3.63) is 53.5 Å². The van der Waals surface area contributed by atoms with Gasteiger partial charge in [-0.15, -0.1) is 0 Å². The maximum atomic E-state index is 12.1. The van der Waals surface area contributed by atoms with Crippen molar-refractivity contribution >= 4 is 17.5 Å². The third kappa shape index (κ3) is 5.69. The quantitative estimate of drug-likeness (QED) is 0.795. The van der Waals surface area contributed by atoms with E-state index in [4.69, 9.17) is 4.42 Å². The lowest BCUT2D eigenvalue weighted by Gasteiger charge is -2.31. The number of anilines is 1. The van der Waals surface area contributed by atoms with Crippen molar-refractivity contribution in [1.29, 1.82) is 0 Å². The van der Waals surface area contributed by atoms with Crippen molar-refractivity contribution in [2.45, 2.75) is 33.2 Å². The fraction of sp³-hybridized carbons (Fsp3) is 0.429. The lowest BCUT2D eigenvalue weighted by atomic mass is 9.96. The number of nitrogens with one attached hydrogen (secondary N) is 2. The highest BCUT2D eigenvalue weighted by atomic mass is 16.3. The standard InChI is InChI=1S/C21H27N3O3/c1-15-10-16(2)12-18(11-15)23-21(26)20(25)22-13-17-5-7-24(8-6-17)14-19-4-3-9-27-19/h3-4,9-12,17H,5-8,13-14H2,1-2H3,(H,22,25)(H,23,26). The molecule has 144 valence electrons. The Morgan fingerprint density at radius 1 is 1.11 bits per heavy atom. The number of aryl methyl sites for hydroxylation is 2. The minimum Gasteiger partial charge on any atom is -0.468 e. The monoisotopic (exact) mass is 369 g/mol. The van der Waals surface area contributed by atoms with E-state index in [1.165, 1.54) is 0 Å². The van der Waals surface area contributed by atoms with Crippen LogP contribution < -0.4 is 10.6 Å². The summed E-state index contributed by atoms with van der Waals surface area (Å²) < 4.78 is 5.39. The van der Waals surface area contributed by atoms with Crippen LogP contribution in [0.4, 0.5) is 5.69 Å². The average Bonchev–Trinajstić information content (AvgIpc) is 3.13. The van der Waals surface area contributed by atoms with E-state index in [0.717, 1.165) is 49.4 Å². The van der Waals surface area contributed by atoms with Crippen molar-refractivity contribution < 1.29 is 14.0 Å². The highest BCUT2D eigenvalue weighted by molar-refractivity contribution is 6.39. The van der Waals surface area contributed by atoms with Gasteiger partial charge in [0.25, 0.3) is 0 Å². The van der Waals surface area contributed by atoms with Gasteiger partial charge >= 0.3 is 11.8 Å². The summed E-state index contributed by atoms with van der Waals surface area (Å²) >= 11 is 0. The number of carbonyl (C=O) groups excluding carboxylic acids is 2.